The Morgan fingerprint density at radius 2 is 1.76 bits per heavy atom. The summed E-state index contributed by atoms with van der Waals surface area (Å²) in [7, 11) is 3.46. The molecule has 7 nitrogen and oxygen atoms in total. The Kier molecular flexibility index (Phi) is 8.40. The Morgan fingerprint density at radius 3 is 2.41 bits per heavy atom. The molecule has 1 N–H and O–H groups in total. The van der Waals surface area contributed by atoms with E-state index in [4.69, 9.17) is 16.4 Å². The van der Waals surface area contributed by atoms with Crippen molar-refractivity contribution in [3.05, 3.63) is 58.7 Å². The molecular weight excluding hydrogens is 450 g/mol. The van der Waals surface area contributed by atoms with Crippen LogP contribution in [0.5, 0.6) is 0 Å². The van der Waals surface area contributed by atoms with E-state index in [1.807, 2.05) is 37.5 Å². The van der Waals surface area contributed by atoms with E-state index in [0.29, 0.717) is 10.9 Å². The molecule has 1 aromatic carbocycles. The Bertz CT molecular complexity index is 981. The SMILES string of the molecule is CNc1cc(CN2CCC(C(=O)N3CCC(/C(=N/OC)c4ccc(Cl)cc4)CC3)CC2)ccn1. The average Bonchev–Trinajstić information content (AvgIpc) is 2.88. The molecule has 2 aliphatic heterocycles. The molecule has 0 saturated carbocycles. The summed E-state index contributed by atoms with van der Waals surface area (Å²) >= 11 is 6.05. The van der Waals surface area contributed by atoms with Gasteiger partial charge in [-0.1, -0.05) is 28.9 Å². The number of anilines is 1. The monoisotopic (exact) mass is 483 g/mol. The Balaban J connectivity index is 1.27. The second-order valence-corrected chi connectivity index (χ2v) is 9.55. The minimum absolute atomic E-state index is 0.126. The van der Waals surface area contributed by atoms with Crippen LogP contribution in [0.15, 0.2) is 47.8 Å². The third-order valence-electron chi connectivity index (χ3n) is 6.95. The summed E-state index contributed by atoms with van der Waals surface area (Å²) in [6.45, 7) is 4.33. The maximum absolute atomic E-state index is 13.2. The highest BCUT2D eigenvalue weighted by molar-refractivity contribution is 6.30. The topological polar surface area (TPSA) is 70.1 Å². The second kappa shape index (κ2) is 11.7. The number of hydrogen-bond acceptors (Lipinski definition) is 6. The van der Waals surface area contributed by atoms with Crippen molar-refractivity contribution in [2.45, 2.75) is 32.2 Å². The second-order valence-electron chi connectivity index (χ2n) is 9.12. The predicted molar refractivity (Wildman–Crippen MR) is 136 cm³/mol. The summed E-state index contributed by atoms with van der Waals surface area (Å²) in [6.07, 6.45) is 5.47. The fraction of sp³-hybridized carbons (Fsp3) is 0.500. The number of piperidine rings is 2. The fourth-order valence-corrected chi connectivity index (χ4v) is 5.15. The van der Waals surface area contributed by atoms with Crippen molar-refractivity contribution in [1.29, 1.82) is 0 Å². The van der Waals surface area contributed by atoms with Crippen molar-refractivity contribution in [2.75, 3.05) is 45.7 Å². The summed E-state index contributed by atoms with van der Waals surface area (Å²) in [5.41, 5.74) is 3.22. The van der Waals surface area contributed by atoms with E-state index < -0.39 is 0 Å². The lowest BCUT2D eigenvalue weighted by molar-refractivity contribution is -0.138. The van der Waals surface area contributed by atoms with Crippen molar-refractivity contribution in [3.63, 3.8) is 0 Å². The number of hydrogen-bond donors (Lipinski definition) is 1. The number of pyridine rings is 1. The number of carbonyl (C=O) groups is 1. The van der Waals surface area contributed by atoms with Gasteiger partial charge in [0.25, 0.3) is 0 Å². The zero-order chi connectivity index (χ0) is 23.9. The van der Waals surface area contributed by atoms with Gasteiger partial charge in [0.05, 0.1) is 5.71 Å². The average molecular weight is 484 g/mol. The first kappa shape index (κ1) is 24.5. The van der Waals surface area contributed by atoms with Crippen molar-refractivity contribution in [1.82, 2.24) is 14.8 Å². The van der Waals surface area contributed by atoms with Crippen LogP contribution in [0.4, 0.5) is 5.82 Å². The van der Waals surface area contributed by atoms with Crippen LogP contribution < -0.4 is 5.32 Å². The first-order valence-corrected chi connectivity index (χ1v) is 12.5. The molecule has 0 atom stereocenters. The van der Waals surface area contributed by atoms with Crippen LogP contribution >= 0.6 is 11.6 Å². The van der Waals surface area contributed by atoms with Gasteiger partial charge in [0.1, 0.15) is 12.9 Å². The van der Waals surface area contributed by atoms with Crippen LogP contribution in [0.3, 0.4) is 0 Å². The van der Waals surface area contributed by atoms with Crippen molar-refractivity contribution < 1.29 is 9.63 Å². The molecule has 0 unspecified atom stereocenters. The number of aromatic nitrogens is 1. The van der Waals surface area contributed by atoms with Gasteiger partial charge in [-0.15, -0.1) is 0 Å². The molecule has 1 amide bonds. The summed E-state index contributed by atoms with van der Waals surface area (Å²) in [5.74, 6) is 1.60. The number of halogens is 1. The number of rotatable bonds is 7. The lowest BCUT2D eigenvalue weighted by Crippen LogP contribution is -2.46. The van der Waals surface area contributed by atoms with Crippen molar-refractivity contribution >= 4 is 29.0 Å². The molecule has 8 heteroatoms. The number of likely N-dealkylation sites (tertiary alicyclic amines) is 2. The molecule has 3 heterocycles. The van der Waals surface area contributed by atoms with E-state index in [9.17, 15) is 4.79 Å². The maximum Gasteiger partial charge on any atom is 0.225 e. The lowest BCUT2D eigenvalue weighted by Gasteiger charge is -2.37. The first-order chi connectivity index (χ1) is 16.6. The Hall–Kier alpha value is -2.64. The molecule has 34 heavy (non-hydrogen) atoms. The number of nitrogens with one attached hydrogen (secondary N) is 1. The summed E-state index contributed by atoms with van der Waals surface area (Å²) in [6, 6.07) is 11.9. The van der Waals surface area contributed by atoms with Crippen molar-refractivity contribution in [2.24, 2.45) is 17.0 Å². The number of benzene rings is 1. The molecule has 182 valence electrons. The van der Waals surface area contributed by atoms with Gasteiger partial charge in [-0.2, -0.15) is 0 Å². The molecule has 4 rings (SSSR count). The van der Waals surface area contributed by atoms with E-state index in [0.717, 1.165) is 75.5 Å². The van der Waals surface area contributed by atoms with E-state index in [2.05, 4.69) is 37.4 Å². The third kappa shape index (κ3) is 6.07. The maximum atomic E-state index is 13.2. The molecule has 0 bridgehead atoms. The van der Waals surface area contributed by atoms with Gasteiger partial charge in [0, 0.05) is 49.7 Å². The van der Waals surface area contributed by atoms with Crippen LogP contribution in [-0.4, -0.2) is 66.7 Å². The van der Waals surface area contributed by atoms with Crippen LogP contribution in [0.25, 0.3) is 0 Å². The lowest BCUT2D eigenvalue weighted by atomic mass is 9.87. The number of oxime groups is 1. The molecule has 2 aliphatic rings. The van der Waals surface area contributed by atoms with Crippen molar-refractivity contribution in [3.8, 4) is 0 Å². The smallest absolute Gasteiger partial charge is 0.225 e. The predicted octanol–water partition coefficient (Wildman–Crippen LogP) is 4.28. The molecule has 0 aliphatic carbocycles. The normalized spacial score (nSPS) is 18.7. The molecule has 2 fully saturated rings. The van der Waals surface area contributed by atoms with Gasteiger partial charge in [-0.25, -0.2) is 4.98 Å². The molecule has 2 aromatic rings. The van der Waals surface area contributed by atoms with Gasteiger partial charge in [0.2, 0.25) is 5.91 Å². The number of nitrogens with zero attached hydrogens (tertiary/aromatic N) is 4. The van der Waals surface area contributed by atoms with Gasteiger partial charge in [0.15, 0.2) is 0 Å². The zero-order valence-electron chi connectivity index (χ0n) is 20.0. The molecule has 0 spiro atoms. The number of amides is 1. The van der Waals surface area contributed by atoms with E-state index in [-0.39, 0.29) is 11.8 Å². The minimum Gasteiger partial charge on any atom is -0.399 e. The molecule has 2 saturated heterocycles. The van der Waals surface area contributed by atoms with Crippen LogP contribution in [0.1, 0.15) is 36.8 Å². The number of carbonyl (C=O) groups excluding carboxylic acids is 1. The standard InChI is InChI=1S/C26H34ClN5O2/c1-28-24-17-19(7-12-29-24)18-31-13-8-22(9-14-31)26(33)32-15-10-21(11-16-32)25(30-34-2)20-3-5-23(27)6-4-20/h3-7,12,17,21-22H,8-11,13-16,18H2,1-2H3,(H,28,29)/b30-25+. The summed E-state index contributed by atoms with van der Waals surface area (Å²) < 4.78 is 0. The quantitative estimate of drug-likeness (QED) is 0.470. The van der Waals surface area contributed by atoms with E-state index in [1.54, 1.807) is 7.11 Å². The highest BCUT2D eigenvalue weighted by Crippen LogP contribution is 2.27. The van der Waals surface area contributed by atoms with Gasteiger partial charge >= 0.3 is 0 Å². The molecule has 1 aromatic heterocycles. The van der Waals surface area contributed by atoms with Gasteiger partial charge < -0.3 is 15.1 Å². The largest absolute Gasteiger partial charge is 0.399 e. The summed E-state index contributed by atoms with van der Waals surface area (Å²) in [5, 5.41) is 8.11. The minimum atomic E-state index is 0.126. The Morgan fingerprint density at radius 1 is 1.09 bits per heavy atom. The van der Waals surface area contributed by atoms with Crippen LogP contribution in [-0.2, 0) is 16.2 Å². The Labute approximate surface area is 207 Å². The van der Waals surface area contributed by atoms with Crippen LogP contribution in [0.2, 0.25) is 5.02 Å². The third-order valence-corrected chi connectivity index (χ3v) is 7.20. The molecular formula is C26H34ClN5O2. The van der Waals surface area contributed by atoms with E-state index >= 15 is 0 Å². The highest BCUT2D eigenvalue weighted by atomic mass is 35.5. The highest BCUT2D eigenvalue weighted by Gasteiger charge is 2.32. The molecule has 0 radical (unpaired) electrons. The fourth-order valence-electron chi connectivity index (χ4n) is 5.02. The first-order valence-electron chi connectivity index (χ1n) is 12.1. The summed E-state index contributed by atoms with van der Waals surface area (Å²) in [4.78, 5) is 27.2. The van der Waals surface area contributed by atoms with Gasteiger partial charge in [-0.3, -0.25) is 9.69 Å². The zero-order valence-corrected chi connectivity index (χ0v) is 20.8. The van der Waals surface area contributed by atoms with E-state index in [1.165, 1.54) is 5.56 Å². The van der Waals surface area contributed by atoms with Crippen LogP contribution in [0, 0.1) is 11.8 Å². The van der Waals surface area contributed by atoms with Gasteiger partial charge in [-0.05, 0) is 74.2 Å².